The number of amides is 1. The minimum atomic E-state index is -0.442. The van der Waals surface area contributed by atoms with Gasteiger partial charge in [-0.2, -0.15) is 19.2 Å². The molecule has 2 aromatic carbocycles. The quantitative estimate of drug-likeness (QED) is 0.353. The van der Waals surface area contributed by atoms with E-state index in [2.05, 4.69) is 72.8 Å². The second-order valence-corrected chi connectivity index (χ2v) is 10.4. The zero-order valence-corrected chi connectivity index (χ0v) is 23.6. The summed E-state index contributed by atoms with van der Waals surface area (Å²) in [6, 6.07) is 15.4. The molecule has 11 heteroatoms. The van der Waals surface area contributed by atoms with Crippen molar-refractivity contribution in [1.82, 2.24) is 15.5 Å². The van der Waals surface area contributed by atoms with Crippen LogP contribution >= 0.6 is 0 Å². The number of hydrogen-bond donors (Lipinski definition) is 2. The standard InChI is InChI=1S/C28H35FN4O2.2CO2/c1-17(2)25(18(3)4)21-11-9-19(10-12-21)20-13-15-22(16-14-20)30-26(34)27-32-33-28(35-27)31-24-8-6-5-7-23(24)29;2*2-1-3/h5-12,17-18,20,22,25H,13-16H2,1-4H3,(H,30,34)(H,31,33);;. The highest BCUT2D eigenvalue weighted by atomic mass is 19.1. The zero-order valence-electron chi connectivity index (χ0n) is 23.6. The molecule has 10 nitrogen and oxygen atoms in total. The maximum absolute atomic E-state index is 13.8. The largest absolute Gasteiger partial charge is 0.399 e. The molecule has 0 bridgehead atoms. The minimum absolute atomic E-state index is 0.0235. The van der Waals surface area contributed by atoms with Gasteiger partial charge in [-0.3, -0.25) is 4.79 Å². The average Bonchev–Trinajstić information content (AvgIpc) is 3.40. The summed E-state index contributed by atoms with van der Waals surface area (Å²) in [5.74, 6) is 1.33. The molecule has 1 heterocycles. The number of nitrogens with zero attached hydrogens (tertiary/aromatic N) is 2. The number of carbonyl (C=O) groups excluding carboxylic acids is 5. The number of para-hydroxylation sites is 1. The van der Waals surface area contributed by atoms with Gasteiger partial charge in [0.1, 0.15) is 5.82 Å². The Morgan fingerprint density at radius 3 is 1.98 bits per heavy atom. The molecule has 0 radical (unpaired) electrons. The van der Waals surface area contributed by atoms with Crippen LogP contribution in [0.25, 0.3) is 0 Å². The van der Waals surface area contributed by atoms with Crippen LogP contribution in [0.15, 0.2) is 52.9 Å². The molecule has 1 aliphatic rings. The van der Waals surface area contributed by atoms with E-state index in [-0.39, 0.29) is 35.9 Å². The molecule has 1 fully saturated rings. The molecule has 0 spiro atoms. The number of anilines is 2. The Morgan fingerprint density at radius 2 is 1.44 bits per heavy atom. The van der Waals surface area contributed by atoms with E-state index >= 15 is 0 Å². The molecule has 1 saturated carbocycles. The summed E-state index contributed by atoms with van der Waals surface area (Å²) in [6.45, 7) is 9.18. The zero-order chi connectivity index (χ0) is 30.4. The number of rotatable bonds is 8. The van der Waals surface area contributed by atoms with Gasteiger partial charge in [0.2, 0.25) is 0 Å². The molecule has 2 N–H and O–H groups in total. The Bertz CT molecular complexity index is 1280. The summed E-state index contributed by atoms with van der Waals surface area (Å²) in [7, 11) is 0. The number of hydrogen-bond acceptors (Lipinski definition) is 9. The molecule has 41 heavy (non-hydrogen) atoms. The van der Waals surface area contributed by atoms with Crippen LogP contribution in [-0.2, 0) is 19.2 Å². The number of aromatic nitrogens is 2. The van der Waals surface area contributed by atoms with Crippen LogP contribution in [0.1, 0.15) is 87.0 Å². The van der Waals surface area contributed by atoms with Gasteiger partial charge in [-0.15, -0.1) is 5.10 Å². The highest BCUT2D eigenvalue weighted by Gasteiger charge is 2.26. The molecule has 1 aliphatic carbocycles. The van der Waals surface area contributed by atoms with Crippen LogP contribution in [0.5, 0.6) is 0 Å². The first-order chi connectivity index (χ1) is 19.6. The van der Waals surface area contributed by atoms with Crippen molar-refractivity contribution in [2.75, 3.05) is 5.32 Å². The van der Waals surface area contributed by atoms with E-state index in [0.29, 0.717) is 23.7 Å². The maximum atomic E-state index is 13.8. The van der Waals surface area contributed by atoms with Crippen molar-refractivity contribution in [1.29, 1.82) is 0 Å². The first-order valence-electron chi connectivity index (χ1n) is 13.4. The number of benzene rings is 2. The first kappa shape index (κ1) is 32.8. The molecule has 0 unspecified atom stereocenters. The predicted molar refractivity (Wildman–Crippen MR) is 145 cm³/mol. The van der Waals surface area contributed by atoms with Gasteiger partial charge < -0.3 is 15.1 Å². The summed E-state index contributed by atoms with van der Waals surface area (Å²) in [4.78, 5) is 45.1. The van der Waals surface area contributed by atoms with Gasteiger partial charge in [0, 0.05) is 6.04 Å². The Hall–Kier alpha value is -4.46. The lowest BCUT2D eigenvalue weighted by molar-refractivity contribution is -0.193. The molecule has 3 aromatic rings. The van der Waals surface area contributed by atoms with Crippen LogP contribution in [0.3, 0.4) is 0 Å². The summed E-state index contributed by atoms with van der Waals surface area (Å²) in [5, 5.41) is 13.3. The molecule has 4 rings (SSSR count). The highest BCUT2D eigenvalue weighted by Crippen LogP contribution is 2.36. The van der Waals surface area contributed by atoms with Crippen molar-refractivity contribution in [2.45, 2.75) is 71.3 Å². The monoisotopic (exact) mass is 566 g/mol. The lowest BCUT2D eigenvalue weighted by Crippen LogP contribution is -2.37. The van der Waals surface area contributed by atoms with Crippen LogP contribution in [-0.4, -0.2) is 34.4 Å². The molecule has 1 aromatic heterocycles. The van der Waals surface area contributed by atoms with Crippen LogP contribution in [0.4, 0.5) is 16.1 Å². The van der Waals surface area contributed by atoms with Gasteiger partial charge in [-0.05, 0) is 72.6 Å². The van der Waals surface area contributed by atoms with E-state index in [4.69, 9.17) is 23.6 Å². The molecule has 1 amide bonds. The fourth-order valence-corrected chi connectivity index (χ4v) is 5.39. The van der Waals surface area contributed by atoms with Gasteiger partial charge in [-0.1, -0.05) is 69.2 Å². The van der Waals surface area contributed by atoms with Crippen molar-refractivity contribution < 1.29 is 32.8 Å². The van der Waals surface area contributed by atoms with E-state index in [9.17, 15) is 9.18 Å². The third-order valence-corrected chi connectivity index (χ3v) is 7.03. The maximum Gasteiger partial charge on any atom is 0.373 e. The Morgan fingerprint density at radius 1 is 0.878 bits per heavy atom. The predicted octanol–water partition coefficient (Wildman–Crippen LogP) is 5.64. The van der Waals surface area contributed by atoms with E-state index in [1.807, 2.05) is 0 Å². The molecular weight excluding hydrogens is 531 g/mol. The third-order valence-electron chi connectivity index (χ3n) is 7.03. The summed E-state index contributed by atoms with van der Waals surface area (Å²) < 4.78 is 19.2. The average molecular weight is 567 g/mol. The van der Waals surface area contributed by atoms with E-state index < -0.39 is 11.7 Å². The smallest absolute Gasteiger partial charge is 0.373 e. The first-order valence-corrected chi connectivity index (χ1v) is 13.4. The van der Waals surface area contributed by atoms with Crippen LogP contribution in [0, 0.1) is 17.7 Å². The Labute approximate surface area is 238 Å². The highest BCUT2D eigenvalue weighted by molar-refractivity contribution is 5.89. The van der Waals surface area contributed by atoms with Crippen molar-refractivity contribution >= 4 is 29.9 Å². The van der Waals surface area contributed by atoms with E-state index in [1.54, 1.807) is 18.2 Å². The second kappa shape index (κ2) is 16.6. The summed E-state index contributed by atoms with van der Waals surface area (Å²) in [6.07, 6.45) is 4.33. The molecule has 0 aliphatic heterocycles. The van der Waals surface area contributed by atoms with Gasteiger partial charge in [-0.25, -0.2) is 4.39 Å². The third kappa shape index (κ3) is 9.90. The second-order valence-electron chi connectivity index (χ2n) is 10.4. The molecule has 0 saturated heterocycles. The Kier molecular flexibility index (Phi) is 13.3. The van der Waals surface area contributed by atoms with Gasteiger partial charge in [0.15, 0.2) is 0 Å². The van der Waals surface area contributed by atoms with Crippen molar-refractivity contribution in [3.05, 3.63) is 71.4 Å². The normalized spacial score (nSPS) is 16.0. The van der Waals surface area contributed by atoms with Crippen LogP contribution in [0.2, 0.25) is 0 Å². The lowest BCUT2D eigenvalue weighted by Gasteiger charge is -2.30. The molecule has 0 atom stereocenters. The van der Waals surface area contributed by atoms with E-state index in [0.717, 1.165) is 25.7 Å². The fraction of sp³-hybridized carbons (Fsp3) is 0.433. The number of carbonyl (C=O) groups is 1. The van der Waals surface area contributed by atoms with E-state index in [1.165, 1.54) is 17.2 Å². The van der Waals surface area contributed by atoms with Gasteiger partial charge in [0.05, 0.1) is 5.69 Å². The number of nitrogens with one attached hydrogen (secondary N) is 2. The van der Waals surface area contributed by atoms with Gasteiger partial charge >= 0.3 is 30.1 Å². The summed E-state index contributed by atoms with van der Waals surface area (Å²) in [5.41, 5.74) is 3.01. The van der Waals surface area contributed by atoms with Crippen molar-refractivity contribution in [3.8, 4) is 0 Å². The summed E-state index contributed by atoms with van der Waals surface area (Å²) >= 11 is 0. The minimum Gasteiger partial charge on any atom is -0.399 e. The lowest BCUT2D eigenvalue weighted by atomic mass is 9.78. The SMILES string of the molecule is CC(C)C(c1ccc(C2CCC(NC(=O)c3nnc(Nc4ccccc4F)o3)CC2)cc1)C(C)C.O=C=O.O=C=O. The fourth-order valence-electron chi connectivity index (χ4n) is 5.39. The molecule has 218 valence electrons. The van der Waals surface area contributed by atoms with Gasteiger partial charge in [0.25, 0.3) is 0 Å². The van der Waals surface area contributed by atoms with Crippen LogP contribution < -0.4 is 10.6 Å². The Balaban J connectivity index is 0.000000901. The number of halogens is 1. The topological polar surface area (TPSA) is 148 Å². The molecular formula is C30H35FN4O6. The van der Waals surface area contributed by atoms with Crippen molar-refractivity contribution in [2.24, 2.45) is 11.8 Å². The van der Waals surface area contributed by atoms with Crippen molar-refractivity contribution in [3.63, 3.8) is 0 Å².